The molecule has 13 nitrogen and oxygen atoms in total. The second-order valence-corrected chi connectivity index (χ2v) is 10.6. The van der Waals surface area contributed by atoms with Crippen molar-refractivity contribution in [3.8, 4) is 0 Å². The standard InChI is InChI=1S/C22H27N5O8S/c1-14(2)12-16(25-22(30)18-8-9-20(35-18)27(31)32)21(29)24-15-6-5-11-26(13-17(15)28)36(33,34)19-7-3-4-10-23-19/h3-4,7-10,14-16H,5-6,11-13H2,1-2H3,(H,24,29)(H,25,30)/t15-,16-/m1/s1. The van der Waals surface area contributed by atoms with Crippen LogP contribution in [0.2, 0.25) is 0 Å². The van der Waals surface area contributed by atoms with Crippen LogP contribution in [0.4, 0.5) is 5.88 Å². The lowest BCUT2D eigenvalue weighted by molar-refractivity contribution is -0.402. The molecule has 1 aliphatic heterocycles. The molecule has 0 bridgehead atoms. The third-order valence-corrected chi connectivity index (χ3v) is 7.27. The molecule has 3 heterocycles. The van der Waals surface area contributed by atoms with Crippen LogP contribution in [0.3, 0.4) is 0 Å². The van der Waals surface area contributed by atoms with Crippen molar-refractivity contribution in [2.75, 3.05) is 13.1 Å². The van der Waals surface area contributed by atoms with Gasteiger partial charge in [0.25, 0.3) is 15.9 Å². The molecule has 0 aromatic carbocycles. The number of rotatable bonds is 9. The van der Waals surface area contributed by atoms with Crippen molar-refractivity contribution in [3.63, 3.8) is 0 Å². The van der Waals surface area contributed by atoms with Crippen molar-refractivity contribution in [1.82, 2.24) is 19.9 Å². The summed E-state index contributed by atoms with van der Waals surface area (Å²) in [5.74, 6) is -2.89. The number of hydrogen-bond donors (Lipinski definition) is 2. The molecule has 0 radical (unpaired) electrons. The minimum Gasteiger partial charge on any atom is -0.395 e. The number of amides is 2. The highest BCUT2D eigenvalue weighted by atomic mass is 32.2. The highest BCUT2D eigenvalue weighted by Crippen LogP contribution is 2.19. The number of nitrogens with zero attached hydrogens (tertiary/aromatic N) is 3. The summed E-state index contributed by atoms with van der Waals surface area (Å²) in [6, 6.07) is 4.62. The van der Waals surface area contributed by atoms with Gasteiger partial charge < -0.3 is 15.1 Å². The summed E-state index contributed by atoms with van der Waals surface area (Å²) < 4.78 is 31.7. The number of pyridine rings is 1. The van der Waals surface area contributed by atoms with Gasteiger partial charge in [-0.3, -0.25) is 24.5 Å². The Hall–Kier alpha value is -3.65. The van der Waals surface area contributed by atoms with Crippen LogP contribution in [-0.4, -0.2) is 65.4 Å². The predicted octanol–water partition coefficient (Wildman–Crippen LogP) is 1.27. The van der Waals surface area contributed by atoms with Gasteiger partial charge in [-0.15, -0.1) is 0 Å². The molecule has 1 aliphatic rings. The molecule has 14 heteroatoms. The van der Waals surface area contributed by atoms with Crippen LogP contribution >= 0.6 is 0 Å². The fourth-order valence-corrected chi connectivity index (χ4v) is 5.11. The summed E-state index contributed by atoms with van der Waals surface area (Å²) in [6.45, 7) is 3.32. The van der Waals surface area contributed by atoms with Crippen LogP contribution < -0.4 is 10.6 Å². The molecular formula is C22H27N5O8S. The summed E-state index contributed by atoms with van der Waals surface area (Å²) in [5.41, 5.74) is 0. The number of carbonyl (C=O) groups excluding carboxylic acids is 3. The van der Waals surface area contributed by atoms with Gasteiger partial charge in [0.05, 0.1) is 18.7 Å². The summed E-state index contributed by atoms with van der Waals surface area (Å²) in [5, 5.41) is 15.8. The lowest BCUT2D eigenvalue weighted by atomic mass is 10.0. The van der Waals surface area contributed by atoms with E-state index in [9.17, 15) is 32.9 Å². The van der Waals surface area contributed by atoms with Gasteiger partial charge in [-0.25, -0.2) is 13.4 Å². The molecule has 1 saturated heterocycles. The first-order chi connectivity index (χ1) is 17.0. The second kappa shape index (κ2) is 11.4. The molecular weight excluding hydrogens is 494 g/mol. The fourth-order valence-electron chi connectivity index (χ4n) is 3.74. The summed E-state index contributed by atoms with van der Waals surface area (Å²) in [7, 11) is -3.98. The number of carbonyl (C=O) groups is 3. The van der Waals surface area contributed by atoms with Gasteiger partial charge in [-0.1, -0.05) is 19.9 Å². The molecule has 0 saturated carbocycles. The van der Waals surface area contributed by atoms with E-state index < -0.39 is 57.1 Å². The first-order valence-electron chi connectivity index (χ1n) is 11.3. The van der Waals surface area contributed by atoms with E-state index in [4.69, 9.17) is 4.42 Å². The molecule has 1 fully saturated rings. The Morgan fingerprint density at radius 3 is 2.64 bits per heavy atom. The van der Waals surface area contributed by atoms with E-state index in [0.717, 1.165) is 16.4 Å². The maximum atomic E-state index is 13.0. The predicted molar refractivity (Wildman–Crippen MR) is 125 cm³/mol. The quantitative estimate of drug-likeness (QED) is 0.362. The molecule has 0 unspecified atom stereocenters. The van der Waals surface area contributed by atoms with Crippen LogP contribution in [0, 0.1) is 16.0 Å². The van der Waals surface area contributed by atoms with Gasteiger partial charge in [-0.2, -0.15) is 4.31 Å². The second-order valence-electron chi connectivity index (χ2n) is 8.73. The van der Waals surface area contributed by atoms with E-state index in [2.05, 4.69) is 15.6 Å². The number of nitro groups is 1. The lowest BCUT2D eigenvalue weighted by Crippen LogP contribution is -2.52. The van der Waals surface area contributed by atoms with Crippen molar-refractivity contribution < 1.29 is 32.1 Å². The maximum Gasteiger partial charge on any atom is 0.433 e. The van der Waals surface area contributed by atoms with Crippen LogP contribution in [-0.2, 0) is 19.6 Å². The Bertz CT molecular complexity index is 1230. The van der Waals surface area contributed by atoms with Gasteiger partial charge in [0.2, 0.25) is 5.91 Å². The van der Waals surface area contributed by atoms with E-state index in [1.165, 1.54) is 18.3 Å². The van der Waals surface area contributed by atoms with Crippen molar-refractivity contribution >= 4 is 33.5 Å². The Kier molecular flexibility index (Phi) is 8.53. The highest BCUT2D eigenvalue weighted by Gasteiger charge is 2.35. The molecule has 2 aromatic heterocycles. The molecule has 3 rings (SSSR count). The van der Waals surface area contributed by atoms with Gasteiger partial charge in [-0.05, 0) is 43.4 Å². The van der Waals surface area contributed by atoms with Crippen LogP contribution in [0.25, 0.3) is 0 Å². The molecule has 2 amide bonds. The molecule has 2 N–H and O–H groups in total. The number of hydrogen-bond acceptors (Lipinski definition) is 9. The first kappa shape index (κ1) is 26.9. The Morgan fingerprint density at radius 2 is 2.03 bits per heavy atom. The molecule has 2 atom stereocenters. The average Bonchev–Trinajstić information content (AvgIpc) is 3.26. The van der Waals surface area contributed by atoms with Crippen molar-refractivity contribution in [1.29, 1.82) is 0 Å². The number of furan rings is 1. The van der Waals surface area contributed by atoms with Crippen molar-refractivity contribution in [2.45, 2.75) is 50.2 Å². The van der Waals surface area contributed by atoms with Gasteiger partial charge >= 0.3 is 5.88 Å². The number of ketones is 1. The van der Waals surface area contributed by atoms with Gasteiger partial charge in [0, 0.05) is 12.7 Å². The topological polar surface area (TPSA) is 182 Å². The zero-order chi connectivity index (χ0) is 26.5. The summed E-state index contributed by atoms with van der Waals surface area (Å²) in [4.78, 5) is 52.3. The molecule has 0 spiro atoms. The number of Topliss-reactive ketones (excluding diaryl/α,β-unsaturated/α-hetero) is 1. The Balaban J connectivity index is 1.69. The van der Waals surface area contributed by atoms with E-state index in [1.54, 1.807) is 6.07 Å². The monoisotopic (exact) mass is 521 g/mol. The third kappa shape index (κ3) is 6.51. The molecule has 0 aliphatic carbocycles. The lowest BCUT2D eigenvalue weighted by Gasteiger charge is -2.23. The van der Waals surface area contributed by atoms with Crippen molar-refractivity contribution in [3.05, 3.63) is 52.4 Å². The van der Waals surface area contributed by atoms with Crippen LogP contribution in [0.1, 0.15) is 43.7 Å². The minimum atomic E-state index is -3.98. The van der Waals surface area contributed by atoms with E-state index >= 15 is 0 Å². The number of sulfonamides is 1. The van der Waals surface area contributed by atoms with E-state index in [1.807, 2.05) is 13.8 Å². The Labute approximate surface area is 207 Å². The van der Waals surface area contributed by atoms with E-state index in [0.29, 0.717) is 6.42 Å². The number of aromatic nitrogens is 1. The average molecular weight is 522 g/mol. The third-order valence-electron chi connectivity index (χ3n) is 5.50. The summed E-state index contributed by atoms with van der Waals surface area (Å²) in [6.07, 6.45) is 2.10. The van der Waals surface area contributed by atoms with Gasteiger partial charge in [0.1, 0.15) is 11.0 Å². The highest BCUT2D eigenvalue weighted by molar-refractivity contribution is 7.89. The zero-order valence-corrected chi connectivity index (χ0v) is 20.6. The fraction of sp³-hybridized carbons (Fsp3) is 0.455. The normalized spacial score (nSPS) is 17.9. The largest absolute Gasteiger partial charge is 0.433 e. The minimum absolute atomic E-state index is 0.0178. The SMILES string of the molecule is CC(C)C[C@@H](NC(=O)c1ccc([N+](=O)[O-])o1)C(=O)N[C@@H]1CCCN(S(=O)(=O)c2ccccn2)CC1=O. The smallest absolute Gasteiger partial charge is 0.395 e. The maximum absolute atomic E-state index is 13.0. The Morgan fingerprint density at radius 1 is 1.28 bits per heavy atom. The molecule has 194 valence electrons. The van der Waals surface area contributed by atoms with Crippen LogP contribution in [0.5, 0.6) is 0 Å². The van der Waals surface area contributed by atoms with E-state index in [-0.39, 0.29) is 36.1 Å². The number of nitrogens with one attached hydrogen (secondary N) is 2. The first-order valence-corrected chi connectivity index (χ1v) is 12.7. The summed E-state index contributed by atoms with van der Waals surface area (Å²) >= 11 is 0. The van der Waals surface area contributed by atoms with Crippen LogP contribution in [0.15, 0.2) is 46.0 Å². The van der Waals surface area contributed by atoms with Crippen molar-refractivity contribution in [2.24, 2.45) is 5.92 Å². The van der Waals surface area contributed by atoms with Gasteiger partial charge in [0.15, 0.2) is 16.6 Å². The molecule has 36 heavy (non-hydrogen) atoms. The zero-order valence-electron chi connectivity index (χ0n) is 19.7. The molecule has 2 aromatic rings.